The second kappa shape index (κ2) is 7.21. The molecule has 1 amide bonds. The average Bonchev–Trinajstić information content (AvgIpc) is 2.78. The van der Waals surface area contributed by atoms with Gasteiger partial charge in [-0.3, -0.25) is 9.48 Å². The molecule has 0 unspecified atom stereocenters. The molecule has 2 aromatic rings. The Bertz CT molecular complexity index is 752. The van der Waals surface area contributed by atoms with Gasteiger partial charge in [0.2, 0.25) is 0 Å². The molecule has 3 rings (SSSR count). The smallest absolute Gasteiger partial charge is 0.257 e. The molecule has 1 aliphatic rings. The summed E-state index contributed by atoms with van der Waals surface area (Å²) in [6.07, 6.45) is 0.918. The minimum absolute atomic E-state index is 0.0894. The van der Waals surface area contributed by atoms with Crippen LogP contribution in [-0.4, -0.2) is 57.0 Å². The molecule has 0 aliphatic carbocycles. The van der Waals surface area contributed by atoms with Gasteiger partial charge >= 0.3 is 0 Å². The molecular formula is C18H26N6O. The highest BCUT2D eigenvalue weighted by molar-refractivity contribution is 5.96. The molecule has 1 saturated heterocycles. The van der Waals surface area contributed by atoms with Crippen LogP contribution in [0.2, 0.25) is 0 Å². The average molecular weight is 342 g/mol. The summed E-state index contributed by atoms with van der Waals surface area (Å²) in [4.78, 5) is 17.2. The number of carbonyl (C=O) groups excluding carboxylic acids is 1. The van der Waals surface area contributed by atoms with Gasteiger partial charge in [0.15, 0.2) is 5.82 Å². The number of aromatic nitrogens is 4. The second-order valence-electron chi connectivity index (χ2n) is 6.53. The van der Waals surface area contributed by atoms with E-state index in [1.807, 2.05) is 49.4 Å². The number of amides is 1. The highest BCUT2D eigenvalue weighted by Gasteiger charge is 2.25. The number of hydrogen-bond acceptors (Lipinski definition) is 5. The Hall–Kier alpha value is -2.44. The minimum atomic E-state index is 0.0894. The fourth-order valence-corrected chi connectivity index (χ4v) is 3.38. The zero-order valence-electron chi connectivity index (χ0n) is 15.5. The molecule has 134 valence electrons. The fourth-order valence-electron chi connectivity index (χ4n) is 3.38. The highest BCUT2D eigenvalue weighted by atomic mass is 16.2. The van der Waals surface area contributed by atoms with Crippen LogP contribution in [0.15, 0.2) is 12.1 Å². The number of hydrogen-bond donors (Lipinski definition) is 0. The van der Waals surface area contributed by atoms with Gasteiger partial charge in [-0.1, -0.05) is 0 Å². The number of aryl methyl sites for hydroxylation is 3. The summed E-state index contributed by atoms with van der Waals surface area (Å²) in [5, 5.41) is 12.9. The van der Waals surface area contributed by atoms with Crippen molar-refractivity contribution in [3.05, 3.63) is 34.8 Å². The molecule has 0 atom stereocenters. The van der Waals surface area contributed by atoms with E-state index in [1.165, 1.54) is 0 Å². The first-order valence-corrected chi connectivity index (χ1v) is 8.89. The Kier molecular flexibility index (Phi) is 5.01. The third kappa shape index (κ3) is 3.50. The summed E-state index contributed by atoms with van der Waals surface area (Å²) in [6.45, 7) is 11.7. The molecule has 0 spiro atoms. The Morgan fingerprint density at radius 3 is 2.52 bits per heavy atom. The quantitative estimate of drug-likeness (QED) is 0.853. The number of nitrogens with zero attached hydrogens (tertiary/aromatic N) is 6. The maximum atomic E-state index is 13.0. The number of rotatable bonds is 3. The van der Waals surface area contributed by atoms with Gasteiger partial charge in [0, 0.05) is 38.4 Å². The van der Waals surface area contributed by atoms with E-state index < -0.39 is 0 Å². The lowest BCUT2D eigenvalue weighted by molar-refractivity contribution is 0.0765. The van der Waals surface area contributed by atoms with Crippen LogP contribution in [0.4, 0.5) is 5.82 Å². The largest absolute Gasteiger partial charge is 0.353 e. The summed E-state index contributed by atoms with van der Waals surface area (Å²) in [6, 6.07) is 3.97. The third-order valence-corrected chi connectivity index (χ3v) is 4.79. The van der Waals surface area contributed by atoms with Crippen LogP contribution in [0.5, 0.6) is 0 Å². The SMILES string of the molecule is CCn1nc(C)c(C(=O)N2CCCN(c3ccc(C)nn3)CC2)c1C. The standard InChI is InChI=1S/C18H26N6O/c1-5-24-15(4)17(14(3)21-24)18(25)23-10-6-9-22(11-12-23)16-8-7-13(2)19-20-16/h7-8H,5-6,9-12H2,1-4H3. The summed E-state index contributed by atoms with van der Waals surface area (Å²) in [5.41, 5.74) is 3.44. The molecule has 0 saturated carbocycles. The van der Waals surface area contributed by atoms with Crippen molar-refractivity contribution in [1.82, 2.24) is 24.9 Å². The molecule has 2 aromatic heterocycles. The minimum Gasteiger partial charge on any atom is -0.353 e. The van der Waals surface area contributed by atoms with Gasteiger partial charge in [0.05, 0.1) is 17.0 Å². The van der Waals surface area contributed by atoms with Gasteiger partial charge in [-0.25, -0.2) is 0 Å². The first kappa shape index (κ1) is 17.4. The molecule has 0 N–H and O–H groups in total. The molecule has 0 radical (unpaired) electrons. The van der Waals surface area contributed by atoms with E-state index in [0.29, 0.717) is 6.54 Å². The van der Waals surface area contributed by atoms with E-state index in [1.54, 1.807) is 0 Å². The van der Waals surface area contributed by atoms with Crippen LogP contribution in [0.25, 0.3) is 0 Å². The van der Waals surface area contributed by atoms with E-state index in [4.69, 9.17) is 0 Å². The Balaban J connectivity index is 1.73. The van der Waals surface area contributed by atoms with Gasteiger partial charge in [0.1, 0.15) is 0 Å². The maximum Gasteiger partial charge on any atom is 0.257 e. The van der Waals surface area contributed by atoms with E-state index in [9.17, 15) is 4.79 Å². The zero-order valence-corrected chi connectivity index (χ0v) is 15.5. The molecule has 25 heavy (non-hydrogen) atoms. The monoisotopic (exact) mass is 342 g/mol. The number of anilines is 1. The molecule has 1 aliphatic heterocycles. The van der Waals surface area contributed by atoms with Crippen LogP contribution in [0, 0.1) is 20.8 Å². The van der Waals surface area contributed by atoms with Crippen molar-refractivity contribution in [2.45, 2.75) is 40.7 Å². The zero-order chi connectivity index (χ0) is 18.0. The molecular weight excluding hydrogens is 316 g/mol. The van der Waals surface area contributed by atoms with Crippen molar-refractivity contribution in [3.63, 3.8) is 0 Å². The highest BCUT2D eigenvalue weighted by Crippen LogP contribution is 2.18. The summed E-state index contributed by atoms with van der Waals surface area (Å²) in [7, 11) is 0. The van der Waals surface area contributed by atoms with E-state index >= 15 is 0 Å². The van der Waals surface area contributed by atoms with Gasteiger partial charge in [-0.2, -0.15) is 10.2 Å². The van der Waals surface area contributed by atoms with Gasteiger partial charge in [-0.15, -0.1) is 5.10 Å². The van der Waals surface area contributed by atoms with Crippen molar-refractivity contribution in [2.75, 3.05) is 31.1 Å². The van der Waals surface area contributed by atoms with Gasteiger partial charge in [0.25, 0.3) is 5.91 Å². The second-order valence-corrected chi connectivity index (χ2v) is 6.53. The maximum absolute atomic E-state index is 13.0. The summed E-state index contributed by atoms with van der Waals surface area (Å²) in [5.74, 6) is 0.970. The van der Waals surface area contributed by atoms with Gasteiger partial charge < -0.3 is 9.80 Å². The van der Waals surface area contributed by atoms with Crippen molar-refractivity contribution in [3.8, 4) is 0 Å². The lowest BCUT2D eigenvalue weighted by Gasteiger charge is -2.22. The lowest BCUT2D eigenvalue weighted by Crippen LogP contribution is -2.36. The Labute approximate surface area is 148 Å². The summed E-state index contributed by atoms with van der Waals surface area (Å²) < 4.78 is 1.90. The molecule has 3 heterocycles. The Morgan fingerprint density at radius 2 is 1.88 bits per heavy atom. The van der Waals surface area contributed by atoms with Crippen LogP contribution in [-0.2, 0) is 6.54 Å². The molecule has 1 fully saturated rings. The van der Waals surface area contributed by atoms with Crippen molar-refractivity contribution in [2.24, 2.45) is 0 Å². The molecule has 7 heteroatoms. The van der Waals surface area contributed by atoms with Crippen LogP contribution < -0.4 is 4.90 Å². The normalized spacial score (nSPS) is 15.4. The number of carbonyl (C=O) groups is 1. The molecule has 0 aromatic carbocycles. The first-order chi connectivity index (χ1) is 12.0. The van der Waals surface area contributed by atoms with E-state index in [-0.39, 0.29) is 5.91 Å². The van der Waals surface area contributed by atoms with Crippen LogP contribution >= 0.6 is 0 Å². The lowest BCUT2D eigenvalue weighted by atomic mass is 10.1. The Morgan fingerprint density at radius 1 is 1.08 bits per heavy atom. The van der Waals surface area contributed by atoms with Gasteiger partial charge in [-0.05, 0) is 46.2 Å². The predicted molar refractivity (Wildman–Crippen MR) is 96.9 cm³/mol. The predicted octanol–water partition coefficient (Wildman–Crippen LogP) is 1.97. The fraction of sp³-hybridized carbons (Fsp3) is 0.556. The van der Waals surface area contributed by atoms with E-state index in [2.05, 4.69) is 20.2 Å². The van der Waals surface area contributed by atoms with Crippen molar-refractivity contribution < 1.29 is 4.79 Å². The molecule has 7 nitrogen and oxygen atoms in total. The van der Waals surface area contributed by atoms with Crippen molar-refractivity contribution >= 4 is 11.7 Å². The topological polar surface area (TPSA) is 67.2 Å². The molecule has 0 bridgehead atoms. The van der Waals surface area contributed by atoms with Crippen molar-refractivity contribution in [1.29, 1.82) is 0 Å². The van der Waals surface area contributed by atoms with Crippen LogP contribution in [0.1, 0.15) is 40.8 Å². The van der Waals surface area contributed by atoms with E-state index in [0.717, 1.165) is 61.1 Å². The van der Waals surface area contributed by atoms with Crippen LogP contribution in [0.3, 0.4) is 0 Å². The third-order valence-electron chi connectivity index (χ3n) is 4.79. The summed E-state index contributed by atoms with van der Waals surface area (Å²) >= 11 is 0. The first-order valence-electron chi connectivity index (χ1n) is 8.89.